The van der Waals surface area contributed by atoms with E-state index >= 15 is 0 Å². The molecule has 0 amide bonds. The fourth-order valence-corrected chi connectivity index (χ4v) is 4.50. The van der Waals surface area contributed by atoms with Gasteiger partial charge in [0.2, 0.25) is 0 Å². The number of hydrogen-bond acceptors (Lipinski definition) is 1. The molecule has 4 aromatic rings. The second kappa shape index (κ2) is 7.18. The van der Waals surface area contributed by atoms with E-state index in [1.54, 1.807) is 6.92 Å². The third-order valence-corrected chi connectivity index (χ3v) is 5.91. The van der Waals surface area contributed by atoms with Crippen molar-refractivity contribution in [3.8, 4) is 22.3 Å². The quantitative estimate of drug-likeness (QED) is 0.392. The monoisotopic (exact) mass is 374 g/mol. The molecule has 5 rings (SSSR count). The van der Waals surface area contributed by atoms with E-state index < -0.39 is 0 Å². The van der Waals surface area contributed by atoms with E-state index in [1.165, 1.54) is 33.4 Å². The topological polar surface area (TPSA) is 17.1 Å². The van der Waals surface area contributed by atoms with Crippen molar-refractivity contribution in [2.75, 3.05) is 0 Å². The molecule has 0 saturated heterocycles. The van der Waals surface area contributed by atoms with Crippen molar-refractivity contribution in [2.24, 2.45) is 0 Å². The molecule has 0 aromatic heterocycles. The minimum Gasteiger partial charge on any atom is -0.299 e. The summed E-state index contributed by atoms with van der Waals surface area (Å²) in [7, 11) is 0. The Bertz CT molecular complexity index is 1190. The minimum absolute atomic E-state index is 0.192. The average molecular weight is 374 g/mol. The van der Waals surface area contributed by atoms with E-state index in [1.807, 2.05) is 12.1 Å². The van der Waals surface area contributed by atoms with Crippen molar-refractivity contribution in [3.05, 3.63) is 119 Å². The molecule has 0 radical (unpaired) electrons. The fraction of sp³-hybridized carbons (Fsp3) is 0.107. The Kier molecular flexibility index (Phi) is 4.37. The number of Topliss-reactive ketones (excluding diaryl/α,β-unsaturated/α-hetero) is 1. The lowest BCUT2D eigenvalue weighted by Gasteiger charge is -2.28. The predicted molar refractivity (Wildman–Crippen MR) is 119 cm³/mol. The summed E-state index contributed by atoms with van der Waals surface area (Å²) in [4.78, 5) is 12.7. The second-order valence-corrected chi connectivity index (χ2v) is 7.78. The molecule has 1 aliphatic carbocycles. The SMILES string of the molecule is CC(=O)C1c2ccc(-c3ccccc3)cc2Cc2ccc(-c3ccccc3)cc21. The van der Waals surface area contributed by atoms with Crippen molar-refractivity contribution < 1.29 is 4.79 Å². The van der Waals surface area contributed by atoms with Crippen LogP contribution >= 0.6 is 0 Å². The van der Waals surface area contributed by atoms with Gasteiger partial charge in [0.05, 0.1) is 5.92 Å². The van der Waals surface area contributed by atoms with E-state index in [0.717, 1.165) is 17.5 Å². The normalized spacial score (nSPS) is 14.7. The van der Waals surface area contributed by atoms with Gasteiger partial charge >= 0.3 is 0 Å². The van der Waals surface area contributed by atoms with E-state index in [4.69, 9.17) is 0 Å². The number of hydrogen-bond donors (Lipinski definition) is 0. The van der Waals surface area contributed by atoms with Gasteiger partial charge in [0.25, 0.3) is 0 Å². The second-order valence-electron chi connectivity index (χ2n) is 7.78. The summed E-state index contributed by atoms with van der Waals surface area (Å²) in [6, 6.07) is 34.0. The van der Waals surface area contributed by atoms with Gasteiger partial charge in [-0.3, -0.25) is 4.79 Å². The first-order chi connectivity index (χ1) is 14.2. The smallest absolute Gasteiger partial charge is 0.141 e. The first-order valence-electron chi connectivity index (χ1n) is 10.1. The molecule has 0 fully saturated rings. The highest BCUT2D eigenvalue weighted by atomic mass is 16.1. The third-order valence-electron chi connectivity index (χ3n) is 5.91. The van der Waals surface area contributed by atoms with Crippen LogP contribution in [0.15, 0.2) is 97.1 Å². The van der Waals surface area contributed by atoms with Crippen LogP contribution in [0.5, 0.6) is 0 Å². The zero-order chi connectivity index (χ0) is 19.8. The molecule has 140 valence electrons. The van der Waals surface area contributed by atoms with Gasteiger partial charge in [-0.25, -0.2) is 0 Å². The molecule has 0 N–H and O–H groups in total. The van der Waals surface area contributed by atoms with E-state index in [9.17, 15) is 4.79 Å². The van der Waals surface area contributed by atoms with Crippen LogP contribution in [-0.4, -0.2) is 5.78 Å². The third kappa shape index (κ3) is 3.19. The van der Waals surface area contributed by atoms with Gasteiger partial charge in [-0.15, -0.1) is 0 Å². The van der Waals surface area contributed by atoms with Gasteiger partial charge in [-0.05, 0) is 63.9 Å². The maximum Gasteiger partial charge on any atom is 0.141 e. The van der Waals surface area contributed by atoms with Gasteiger partial charge in [-0.2, -0.15) is 0 Å². The van der Waals surface area contributed by atoms with Crippen molar-refractivity contribution in [1.82, 2.24) is 0 Å². The summed E-state index contributed by atoms with van der Waals surface area (Å²) in [5.74, 6) is 0.00658. The molecule has 1 nitrogen and oxygen atoms in total. The van der Waals surface area contributed by atoms with E-state index in [-0.39, 0.29) is 11.7 Å². The van der Waals surface area contributed by atoms with Crippen molar-refractivity contribution in [3.63, 3.8) is 0 Å². The summed E-state index contributed by atoms with van der Waals surface area (Å²) in [6.45, 7) is 1.71. The number of benzene rings is 4. The molecule has 0 heterocycles. The number of rotatable bonds is 3. The highest BCUT2D eigenvalue weighted by Crippen LogP contribution is 2.40. The van der Waals surface area contributed by atoms with Crippen molar-refractivity contribution >= 4 is 5.78 Å². The van der Waals surface area contributed by atoms with Crippen LogP contribution in [-0.2, 0) is 11.2 Å². The molecular formula is C28H22O. The Morgan fingerprint density at radius 3 is 1.83 bits per heavy atom. The van der Waals surface area contributed by atoms with Gasteiger partial charge in [0.15, 0.2) is 0 Å². The number of ketones is 1. The standard InChI is InChI=1S/C28H22O/c1-19(29)28-26-15-14-22(20-8-4-2-5-9-20)16-25(26)17-24-13-12-23(18-27(24)28)21-10-6-3-7-11-21/h2-16,18,28H,17H2,1H3. The summed E-state index contributed by atoms with van der Waals surface area (Å²) < 4.78 is 0. The van der Waals surface area contributed by atoms with Crippen LogP contribution in [0.25, 0.3) is 22.3 Å². The molecule has 1 unspecified atom stereocenters. The Labute approximate surface area is 171 Å². The summed E-state index contributed by atoms with van der Waals surface area (Å²) in [5, 5.41) is 0. The van der Waals surface area contributed by atoms with Crippen LogP contribution in [0.2, 0.25) is 0 Å². The molecule has 1 atom stereocenters. The molecule has 29 heavy (non-hydrogen) atoms. The van der Waals surface area contributed by atoms with Crippen molar-refractivity contribution in [1.29, 1.82) is 0 Å². The van der Waals surface area contributed by atoms with Crippen LogP contribution in [0.3, 0.4) is 0 Å². The number of fused-ring (bicyclic) bond motifs is 2. The lowest BCUT2D eigenvalue weighted by molar-refractivity contribution is -0.117. The van der Waals surface area contributed by atoms with Gasteiger partial charge in [-0.1, -0.05) is 91.0 Å². The first kappa shape index (κ1) is 17.6. The minimum atomic E-state index is -0.192. The largest absolute Gasteiger partial charge is 0.299 e. The molecule has 1 aliphatic rings. The number of carbonyl (C=O) groups is 1. The zero-order valence-corrected chi connectivity index (χ0v) is 16.4. The Morgan fingerprint density at radius 1 is 0.621 bits per heavy atom. The molecule has 4 aromatic carbocycles. The zero-order valence-electron chi connectivity index (χ0n) is 16.4. The molecular weight excluding hydrogens is 352 g/mol. The van der Waals surface area contributed by atoms with Crippen LogP contribution in [0.4, 0.5) is 0 Å². The molecule has 0 spiro atoms. The molecule has 0 saturated carbocycles. The summed E-state index contributed by atoms with van der Waals surface area (Å²) >= 11 is 0. The lowest BCUT2D eigenvalue weighted by atomic mass is 9.75. The maximum absolute atomic E-state index is 12.7. The van der Waals surface area contributed by atoms with Gasteiger partial charge in [0.1, 0.15) is 5.78 Å². The van der Waals surface area contributed by atoms with Gasteiger partial charge in [0, 0.05) is 0 Å². The molecule has 1 heteroatoms. The van der Waals surface area contributed by atoms with Crippen molar-refractivity contribution in [2.45, 2.75) is 19.3 Å². The van der Waals surface area contributed by atoms with Crippen LogP contribution in [0.1, 0.15) is 35.1 Å². The summed E-state index contributed by atoms with van der Waals surface area (Å²) in [6.07, 6.45) is 0.865. The highest BCUT2D eigenvalue weighted by Gasteiger charge is 2.29. The van der Waals surface area contributed by atoms with Crippen LogP contribution < -0.4 is 0 Å². The highest BCUT2D eigenvalue weighted by molar-refractivity contribution is 5.89. The fourth-order valence-electron chi connectivity index (χ4n) is 4.50. The Balaban J connectivity index is 1.61. The van der Waals surface area contributed by atoms with E-state index in [0.29, 0.717) is 0 Å². The number of carbonyl (C=O) groups excluding carboxylic acids is 1. The average Bonchev–Trinajstić information content (AvgIpc) is 2.77. The predicted octanol–water partition coefficient (Wildman–Crippen LogP) is 6.65. The Hall–Kier alpha value is -3.45. The summed E-state index contributed by atoms with van der Waals surface area (Å²) in [5.41, 5.74) is 9.57. The first-order valence-corrected chi connectivity index (χ1v) is 10.1. The maximum atomic E-state index is 12.7. The van der Waals surface area contributed by atoms with Crippen LogP contribution in [0, 0.1) is 0 Å². The molecule has 0 bridgehead atoms. The molecule has 0 aliphatic heterocycles. The van der Waals surface area contributed by atoms with E-state index in [2.05, 4.69) is 84.9 Å². The van der Waals surface area contributed by atoms with Gasteiger partial charge < -0.3 is 0 Å². The lowest BCUT2D eigenvalue weighted by Crippen LogP contribution is -2.19. The Morgan fingerprint density at radius 2 is 1.21 bits per heavy atom.